The van der Waals surface area contributed by atoms with Crippen LogP contribution in [0.1, 0.15) is 6.92 Å². The quantitative estimate of drug-likeness (QED) is 0.868. The van der Waals surface area contributed by atoms with Crippen molar-refractivity contribution in [2.24, 2.45) is 0 Å². The molecule has 0 saturated heterocycles. The number of aromatic nitrogens is 3. The number of halogens is 1. The fraction of sp³-hybridized carbons (Fsp3) is 0.308. The second-order valence-corrected chi connectivity index (χ2v) is 5.20. The maximum atomic E-state index is 11.7. The number of carbonyl (C=O) groups excluding carboxylic acids is 1. The van der Waals surface area contributed by atoms with Crippen LogP contribution in [0, 0.1) is 0 Å². The van der Waals surface area contributed by atoms with Crippen molar-refractivity contribution in [3.8, 4) is 5.75 Å². The van der Waals surface area contributed by atoms with Gasteiger partial charge in [0.15, 0.2) is 0 Å². The van der Waals surface area contributed by atoms with Crippen LogP contribution in [-0.4, -0.2) is 33.3 Å². The zero-order valence-electron chi connectivity index (χ0n) is 11.0. The number of nitrogens with zero attached hydrogens (tertiary/aromatic N) is 3. The summed E-state index contributed by atoms with van der Waals surface area (Å²) < 4.78 is 8.12. The van der Waals surface area contributed by atoms with Crippen LogP contribution in [-0.2, 0) is 11.3 Å². The van der Waals surface area contributed by atoms with Crippen molar-refractivity contribution in [2.75, 3.05) is 6.54 Å². The van der Waals surface area contributed by atoms with E-state index in [1.807, 2.05) is 31.2 Å². The normalized spacial score (nSPS) is 11.9. The van der Waals surface area contributed by atoms with E-state index in [1.165, 1.54) is 17.3 Å². The Hall–Kier alpha value is -1.89. The van der Waals surface area contributed by atoms with E-state index >= 15 is 0 Å². The standard InChI is InChI=1S/C13H15BrN4O2/c1-10(20-12-4-2-3-11(14)5-12)6-16-13(19)7-18-9-15-8-17-18/h2-5,8-10H,6-7H2,1H3,(H,16,19)/t10-/m0/s1. The molecule has 0 aliphatic heterocycles. The van der Waals surface area contributed by atoms with Crippen molar-refractivity contribution in [1.82, 2.24) is 20.1 Å². The zero-order chi connectivity index (χ0) is 14.4. The maximum absolute atomic E-state index is 11.7. The molecule has 106 valence electrons. The van der Waals surface area contributed by atoms with Gasteiger partial charge in [-0.1, -0.05) is 22.0 Å². The van der Waals surface area contributed by atoms with Crippen LogP contribution in [0.5, 0.6) is 5.75 Å². The van der Waals surface area contributed by atoms with Crippen LogP contribution in [0.2, 0.25) is 0 Å². The number of benzene rings is 1. The summed E-state index contributed by atoms with van der Waals surface area (Å²) in [6.07, 6.45) is 2.77. The first-order valence-corrected chi connectivity index (χ1v) is 6.94. The molecular weight excluding hydrogens is 324 g/mol. The van der Waals surface area contributed by atoms with Gasteiger partial charge in [0, 0.05) is 4.47 Å². The average Bonchev–Trinajstić information content (AvgIpc) is 2.89. The molecule has 0 saturated carbocycles. The summed E-state index contributed by atoms with van der Waals surface area (Å²) in [6.45, 7) is 2.49. The third-order valence-electron chi connectivity index (χ3n) is 2.49. The van der Waals surface area contributed by atoms with Crippen molar-refractivity contribution in [1.29, 1.82) is 0 Å². The van der Waals surface area contributed by atoms with Gasteiger partial charge in [-0.15, -0.1) is 0 Å². The minimum absolute atomic E-state index is 0.121. The minimum atomic E-state index is -0.125. The number of rotatable bonds is 6. The lowest BCUT2D eigenvalue weighted by Gasteiger charge is -2.15. The summed E-state index contributed by atoms with van der Waals surface area (Å²) in [7, 11) is 0. The van der Waals surface area contributed by atoms with Gasteiger partial charge in [0.05, 0.1) is 6.54 Å². The predicted molar refractivity (Wildman–Crippen MR) is 77.3 cm³/mol. The molecule has 0 bridgehead atoms. The summed E-state index contributed by atoms with van der Waals surface area (Å²) in [6, 6.07) is 7.58. The Labute approximate surface area is 125 Å². The zero-order valence-corrected chi connectivity index (χ0v) is 12.6. The molecule has 1 amide bonds. The molecule has 0 spiro atoms. The molecule has 6 nitrogen and oxygen atoms in total. The van der Waals surface area contributed by atoms with Gasteiger partial charge in [0.1, 0.15) is 31.1 Å². The Morgan fingerprint density at radius 2 is 2.40 bits per heavy atom. The van der Waals surface area contributed by atoms with Gasteiger partial charge in [0.25, 0.3) is 0 Å². The molecule has 0 aliphatic rings. The third-order valence-corrected chi connectivity index (χ3v) is 2.99. The van der Waals surface area contributed by atoms with Crippen molar-refractivity contribution < 1.29 is 9.53 Å². The van der Waals surface area contributed by atoms with E-state index in [0.717, 1.165) is 10.2 Å². The Morgan fingerprint density at radius 3 is 3.10 bits per heavy atom. The second kappa shape index (κ2) is 7.04. The molecule has 2 rings (SSSR count). The Bertz CT molecular complexity index is 559. The van der Waals surface area contributed by atoms with E-state index in [-0.39, 0.29) is 18.6 Å². The van der Waals surface area contributed by atoms with Crippen LogP contribution in [0.4, 0.5) is 0 Å². The van der Waals surface area contributed by atoms with Crippen molar-refractivity contribution in [3.05, 3.63) is 41.4 Å². The summed E-state index contributed by atoms with van der Waals surface area (Å²) in [4.78, 5) is 15.4. The summed E-state index contributed by atoms with van der Waals surface area (Å²) in [5.41, 5.74) is 0. The lowest BCUT2D eigenvalue weighted by atomic mass is 10.3. The highest BCUT2D eigenvalue weighted by atomic mass is 79.9. The molecule has 2 aromatic rings. The molecule has 7 heteroatoms. The predicted octanol–water partition coefficient (Wildman–Crippen LogP) is 1.62. The first-order valence-electron chi connectivity index (χ1n) is 6.15. The van der Waals surface area contributed by atoms with Crippen LogP contribution in [0.3, 0.4) is 0 Å². The topological polar surface area (TPSA) is 69.0 Å². The lowest BCUT2D eigenvalue weighted by Crippen LogP contribution is -2.35. The van der Waals surface area contributed by atoms with E-state index in [4.69, 9.17) is 4.74 Å². The molecule has 0 radical (unpaired) electrons. The minimum Gasteiger partial charge on any atom is -0.489 e. The van der Waals surface area contributed by atoms with Gasteiger partial charge < -0.3 is 10.1 Å². The third kappa shape index (κ3) is 4.65. The van der Waals surface area contributed by atoms with Gasteiger partial charge in [-0.25, -0.2) is 9.67 Å². The highest BCUT2D eigenvalue weighted by molar-refractivity contribution is 9.10. The largest absolute Gasteiger partial charge is 0.489 e. The van der Waals surface area contributed by atoms with Gasteiger partial charge in [0.2, 0.25) is 5.91 Å². The average molecular weight is 339 g/mol. The Morgan fingerprint density at radius 1 is 1.55 bits per heavy atom. The second-order valence-electron chi connectivity index (χ2n) is 4.28. The van der Waals surface area contributed by atoms with Gasteiger partial charge in [-0.05, 0) is 25.1 Å². The lowest BCUT2D eigenvalue weighted by molar-refractivity contribution is -0.122. The van der Waals surface area contributed by atoms with Crippen molar-refractivity contribution >= 4 is 21.8 Å². The first-order chi connectivity index (χ1) is 9.63. The summed E-state index contributed by atoms with van der Waals surface area (Å²) >= 11 is 3.38. The molecule has 20 heavy (non-hydrogen) atoms. The number of carbonyl (C=O) groups is 1. The van der Waals surface area contributed by atoms with E-state index < -0.39 is 0 Å². The SMILES string of the molecule is C[C@@H](CNC(=O)Cn1cncn1)Oc1cccc(Br)c1. The van der Waals surface area contributed by atoms with E-state index in [1.54, 1.807) is 0 Å². The number of hydrogen-bond acceptors (Lipinski definition) is 4. The van der Waals surface area contributed by atoms with Crippen LogP contribution in [0.15, 0.2) is 41.4 Å². The summed E-state index contributed by atoms with van der Waals surface area (Å²) in [5, 5.41) is 6.66. The fourth-order valence-electron chi connectivity index (χ4n) is 1.59. The van der Waals surface area contributed by atoms with Crippen LogP contribution >= 0.6 is 15.9 Å². The van der Waals surface area contributed by atoms with Crippen molar-refractivity contribution in [3.63, 3.8) is 0 Å². The first kappa shape index (κ1) is 14.5. The van der Waals surface area contributed by atoms with E-state index in [0.29, 0.717) is 6.54 Å². The molecule has 1 N–H and O–H groups in total. The smallest absolute Gasteiger partial charge is 0.241 e. The van der Waals surface area contributed by atoms with E-state index in [2.05, 4.69) is 31.3 Å². The monoisotopic (exact) mass is 338 g/mol. The number of hydrogen-bond donors (Lipinski definition) is 1. The fourth-order valence-corrected chi connectivity index (χ4v) is 1.97. The Kier molecular flexibility index (Phi) is 5.11. The molecule has 1 aromatic heterocycles. The molecule has 1 heterocycles. The van der Waals surface area contributed by atoms with Crippen molar-refractivity contribution in [2.45, 2.75) is 19.6 Å². The van der Waals surface area contributed by atoms with Crippen LogP contribution < -0.4 is 10.1 Å². The van der Waals surface area contributed by atoms with Gasteiger partial charge in [-0.3, -0.25) is 4.79 Å². The number of ether oxygens (including phenoxy) is 1. The Balaban J connectivity index is 1.74. The highest BCUT2D eigenvalue weighted by Crippen LogP contribution is 2.18. The molecular formula is C13H15BrN4O2. The molecule has 1 aromatic carbocycles. The molecule has 1 atom stereocenters. The number of amides is 1. The summed E-state index contributed by atoms with van der Waals surface area (Å²) in [5.74, 6) is 0.637. The maximum Gasteiger partial charge on any atom is 0.241 e. The van der Waals surface area contributed by atoms with E-state index in [9.17, 15) is 4.79 Å². The van der Waals surface area contributed by atoms with Crippen LogP contribution in [0.25, 0.3) is 0 Å². The highest BCUT2D eigenvalue weighted by Gasteiger charge is 2.08. The van der Waals surface area contributed by atoms with Gasteiger partial charge in [-0.2, -0.15) is 5.10 Å². The molecule has 0 unspecified atom stereocenters. The molecule has 0 fully saturated rings. The van der Waals surface area contributed by atoms with Gasteiger partial charge >= 0.3 is 0 Å². The number of nitrogens with one attached hydrogen (secondary N) is 1. The molecule has 0 aliphatic carbocycles.